The Labute approximate surface area is 79.3 Å². The maximum atomic E-state index is 10.8. The fraction of sp³-hybridized carbons (Fsp3) is 0.222. The minimum absolute atomic E-state index is 0.248. The third-order valence-corrected chi connectivity index (χ3v) is 2.31. The molecule has 0 bridgehead atoms. The van der Waals surface area contributed by atoms with Gasteiger partial charge in [-0.2, -0.15) is 0 Å². The first-order chi connectivity index (χ1) is 5.63. The molecule has 1 atom stereocenters. The first-order valence-electron chi connectivity index (χ1n) is 3.56. The molecule has 12 heavy (non-hydrogen) atoms. The number of aliphatic hydroxyl groups excluding tert-OH is 1. The second kappa shape index (κ2) is 3.83. The first-order valence-corrected chi connectivity index (χ1v) is 4.35. The standard InChI is InChI=1S/C9H9BrO2/c1-6(11)9(12)7-4-2-3-5-8(7)10/h2-5,9,12H,1H3. The predicted octanol–water partition coefficient (Wildman–Crippen LogP) is 2.07. The second-order valence-corrected chi connectivity index (χ2v) is 3.39. The normalized spacial score (nSPS) is 12.6. The van der Waals surface area contributed by atoms with Crippen LogP contribution >= 0.6 is 15.9 Å². The second-order valence-electron chi connectivity index (χ2n) is 2.53. The molecule has 0 fully saturated rings. The summed E-state index contributed by atoms with van der Waals surface area (Å²) in [6.07, 6.45) is -1.01. The molecule has 1 unspecified atom stereocenters. The molecule has 0 saturated carbocycles. The predicted molar refractivity (Wildman–Crippen MR) is 49.8 cm³/mol. The van der Waals surface area contributed by atoms with Gasteiger partial charge in [0.25, 0.3) is 0 Å². The zero-order valence-corrected chi connectivity index (χ0v) is 8.21. The molecular formula is C9H9BrO2. The van der Waals surface area contributed by atoms with E-state index < -0.39 is 6.10 Å². The van der Waals surface area contributed by atoms with Gasteiger partial charge >= 0.3 is 0 Å². The maximum Gasteiger partial charge on any atom is 0.162 e. The van der Waals surface area contributed by atoms with Crippen molar-refractivity contribution in [1.29, 1.82) is 0 Å². The number of aliphatic hydroxyl groups is 1. The van der Waals surface area contributed by atoms with Crippen LogP contribution in [0.4, 0.5) is 0 Å². The number of benzene rings is 1. The van der Waals surface area contributed by atoms with Gasteiger partial charge in [-0.15, -0.1) is 0 Å². The SMILES string of the molecule is CC(=O)C(O)c1ccccc1Br. The molecule has 3 heteroatoms. The molecule has 0 radical (unpaired) electrons. The Hall–Kier alpha value is -0.670. The highest BCUT2D eigenvalue weighted by Crippen LogP contribution is 2.23. The summed E-state index contributed by atoms with van der Waals surface area (Å²) in [5, 5.41) is 9.40. The van der Waals surface area contributed by atoms with Crippen LogP contribution in [-0.2, 0) is 4.79 Å². The molecule has 1 rings (SSSR count). The minimum atomic E-state index is -1.01. The van der Waals surface area contributed by atoms with E-state index in [0.717, 1.165) is 4.47 Å². The van der Waals surface area contributed by atoms with Crippen molar-refractivity contribution < 1.29 is 9.90 Å². The summed E-state index contributed by atoms with van der Waals surface area (Å²) in [4.78, 5) is 10.8. The van der Waals surface area contributed by atoms with Crippen LogP contribution in [0.1, 0.15) is 18.6 Å². The van der Waals surface area contributed by atoms with Crippen molar-refractivity contribution in [3.05, 3.63) is 34.3 Å². The summed E-state index contributed by atoms with van der Waals surface area (Å²) < 4.78 is 0.757. The number of carbonyl (C=O) groups excluding carboxylic acids is 1. The van der Waals surface area contributed by atoms with Crippen molar-refractivity contribution >= 4 is 21.7 Å². The van der Waals surface area contributed by atoms with E-state index in [2.05, 4.69) is 15.9 Å². The molecule has 64 valence electrons. The Balaban J connectivity index is 3.02. The lowest BCUT2D eigenvalue weighted by Crippen LogP contribution is -2.07. The zero-order chi connectivity index (χ0) is 9.14. The summed E-state index contributed by atoms with van der Waals surface area (Å²) in [7, 11) is 0. The third kappa shape index (κ3) is 1.93. The van der Waals surface area contributed by atoms with Crippen LogP contribution in [-0.4, -0.2) is 10.9 Å². The quantitative estimate of drug-likeness (QED) is 0.842. The summed E-state index contributed by atoms with van der Waals surface area (Å²) in [5.41, 5.74) is 0.616. The molecular weight excluding hydrogens is 220 g/mol. The number of halogens is 1. The van der Waals surface area contributed by atoms with E-state index in [-0.39, 0.29) is 5.78 Å². The van der Waals surface area contributed by atoms with E-state index >= 15 is 0 Å². The Morgan fingerprint density at radius 2 is 2.08 bits per heavy atom. The van der Waals surface area contributed by atoms with Crippen molar-refractivity contribution in [3.8, 4) is 0 Å². The van der Waals surface area contributed by atoms with E-state index in [1.54, 1.807) is 18.2 Å². The third-order valence-electron chi connectivity index (χ3n) is 1.58. The van der Waals surface area contributed by atoms with Crippen molar-refractivity contribution in [2.75, 3.05) is 0 Å². The van der Waals surface area contributed by atoms with E-state index in [1.165, 1.54) is 6.92 Å². The number of Topliss-reactive ketones (excluding diaryl/α,β-unsaturated/α-hetero) is 1. The molecule has 0 aliphatic rings. The lowest BCUT2D eigenvalue weighted by Gasteiger charge is -2.08. The minimum Gasteiger partial charge on any atom is -0.381 e. The molecule has 0 aromatic heterocycles. The highest BCUT2D eigenvalue weighted by molar-refractivity contribution is 9.10. The summed E-state index contributed by atoms with van der Waals surface area (Å²) in [6, 6.07) is 7.13. The molecule has 2 nitrogen and oxygen atoms in total. The first kappa shape index (κ1) is 9.42. The number of ketones is 1. The van der Waals surface area contributed by atoms with E-state index in [1.807, 2.05) is 6.07 Å². The number of carbonyl (C=O) groups is 1. The number of hydrogen-bond acceptors (Lipinski definition) is 2. The average molecular weight is 229 g/mol. The Kier molecular flexibility index (Phi) is 3.00. The van der Waals surface area contributed by atoms with E-state index in [0.29, 0.717) is 5.56 Å². The molecule has 0 aliphatic carbocycles. The van der Waals surface area contributed by atoms with Gasteiger partial charge in [-0.05, 0) is 13.0 Å². The largest absolute Gasteiger partial charge is 0.381 e. The van der Waals surface area contributed by atoms with Crippen molar-refractivity contribution in [2.24, 2.45) is 0 Å². The highest BCUT2D eigenvalue weighted by Gasteiger charge is 2.14. The molecule has 0 amide bonds. The van der Waals surface area contributed by atoms with Gasteiger partial charge in [0.2, 0.25) is 0 Å². The van der Waals surface area contributed by atoms with Crippen LogP contribution in [0.2, 0.25) is 0 Å². The van der Waals surface area contributed by atoms with Crippen molar-refractivity contribution in [3.63, 3.8) is 0 Å². The van der Waals surface area contributed by atoms with E-state index in [9.17, 15) is 9.90 Å². The van der Waals surface area contributed by atoms with E-state index in [4.69, 9.17) is 0 Å². The van der Waals surface area contributed by atoms with Gasteiger partial charge < -0.3 is 5.11 Å². The topological polar surface area (TPSA) is 37.3 Å². The fourth-order valence-corrected chi connectivity index (χ4v) is 1.42. The lowest BCUT2D eigenvalue weighted by molar-refractivity contribution is -0.125. The van der Waals surface area contributed by atoms with Gasteiger partial charge in [0.1, 0.15) is 6.10 Å². The summed E-state index contributed by atoms with van der Waals surface area (Å²) >= 11 is 3.25. The molecule has 0 saturated heterocycles. The van der Waals surface area contributed by atoms with Crippen LogP contribution < -0.4 is 0 Å². The van der Waals surface area contributed by atoms with Crippen molar-refractivity contribution in [1.82, 2.24) is 0 Å². The molecule has 0 aliphatic heterocycles. The Bertz CT molecular complexity index is 296. The number of rotatable bonds is 2. The summed E-state index contributed by atoms with van der Waals surface area (Å²) in [5.74, 6) is -0.248. The molecule has 1 aromatic rings. The molecule has 1 aromatic carbocycles. The van der Waals surface area contributed by atoms with Crippen LogP contribution in [0.15, 0.2) is 28.7 Å². The Morgan fingerprint density at radius 3 is 2.58 bits per heavy atom. The van der Waals surface area contributed by atoms with Gasteiger partial charge in [-0.1, -0.05) is 34.1 Å². The van der Waals surface area contributed by atoms with Crippen LogP contribution in [0.25, 0.3) is 0 Å². The van der Waals surface area contributed by atoms with Gasteiger partial charge in [0.05, 0.1) is 0 Å². The van der Waals surface area contributed by atoms with Crippen LogP contribution in [0.3, 0.4) is 0 Å². The van der Waals surface area contributed by atoms with Crippen LogP contribution in [0, 0.1) is 0 Å². The monoisotopic (exact) mass is 228 g/mol. The fourth-order valence-electron chi connectivity index (χ4n) is 0.916. The average Bonchev–Trinajstić information content (AvgIpc) is 2.04. The summed E-state index contributed by atoms with van der Waals surface area (Å²) in [6.45, 7) is 1.37. The zero-order valence-electron chi connectivity index (χ0n) is 6.62. The molecule has 0 heterocycles. The van der Waals surface area contributed by atoms with Gasteiger partial charge in [0.15, 0.2) is 5.78 Å². The molecule has 1 N–H and O–H groups in total. The Morgan fingerprint density at radius 1 is 1.50 bits per heavy atom. The van der Waals surface area contributed by atoms with Gasteiger partial charge in [0, 0.05) is 10.0 Å². The number of hydrogen-bond donors (Lipinski definition) is 1. The van der Waals surface area contributed by atoms with Crippen LogP contribution in [0.5, 0.6) is 0 Å². The maximum absolute atomic E-state index is 10.8. The van der Waals surface area contributed by atoms with Gasteiger partial charge in [-0.3, -0.25) is 4.79 Å². The lowest BCUT2D eigenvalue weighted by atomic mass is 10.1. The highest BCUT2D eigenvalue weighted by atomic mass is 79.9. The van der Waals surface area contributed by atoms with Gasteiger partial charge in [-0.25, -0.2) is 0 Å². The molecule has 0 spiro atoms. The smallest absolute Gasteiger partial charge is 0.162 e. The van der Waals surface area contributed by atoms with Crippen molar-refractivity contribution in [2.45, 2.75) is 13.0 Å².